The first kappa shape index (κ1) is 86.1. The number of ether oxygens (including phenoxy) is 4. The molecule has 0 aliphatic rings. The number of aliphatic hydroxyl groups is 1. The van der Waals surface area contributed by atoms with E-state index >= 15 is 0 Å². The van der Waals surface area contributed by atoms with Crippen LogP contribution in [0.4, 0.5) is 0 Å². The maximum Gasteiger partial charge on any atom is 0.472 e. The zero-order chi connectivity index (χ0) is 65.2. The highest BCUT2D eigenvalue weighted by Gasteiger charge is 2.30. The minimum atomic E-state index is -4.95. The lowest BCUT2D eigenvalue weighted by atomic mass is 10.0. The molecule has 2 unspecified atom stereocenters. The second-order valence-electron chi connectivity index (χ2n) is 26.3. The van der Waals surface area contributed by atoms with Crippen LogP contribution < -0.4 is 0 Å². The van der Waals surface area contributed by atoms with Gasteiger partial charge in [-0.25, -0.2) is 9.13 Å². The standard InChI is InChI=1S/C69H134O17P2/c1-8-9-10-11-12-13-14-15-16-17-18-19-20-21-30-38-45-52-68(73)85-64(56-79-66(71)50-43-36-29-23-22-26-33-40-47-60(2)3)58-83-87(75,76)81-54-63(70)55-82-88(77,78)84-59-65(86-69(74)53-46-39-32-25-28-35-42-49-62(6)7)57-80-67(72)51-44-37-31-24-27-34-41-48-61(4)5/h60-65,70H,8-59H2,1-7H3,(H,75,76)(H,77,78)/t63-,64-,65-/m1/s1. The van der Waals surface area contributed by atoms with Crippen molar-refractivity contribution in [1.29, 1.82) is 0 Å². The summed E-state index contributed by atoms with van der Waals surface area (Å²) in [5.74, 6) is -0.00443. The van der Waals surface area contributed by atoms with Crippen LogP contribution in [0.1, 0.15) is 344 Å². The van der Waals surface area contributed by atoms with Crippen LogP contribution >= 0.6 is 15.6 Å². The Morgan fingerprint density at radius 3 is 0.773 bits per heavy atom. The Labute approximate surface area is 537 Å². The molecule has 19 heteroatoms. The van der Waals surface area contributed by atoms with Crippen LogP contribution in [0.25, 0.3) is 0 Å². The molecule has 88 heavy (non-hydrogen) atoms. The van der Waals surface area contributed by atoms with Crippen molar-refractivity contribution in [3.05, 3.63) is 0 Å². The third-order valence-electron chi connectivity index (χ3n) is 15.9. The Hall–Kier alpha value is -1.94. The smallest absolute Gasteiger partial charge is 0.462 e. The van der Waals surface area contributed by atoms with E-state index in [2.05, 4.69) is 48.5 Å². The van der Waals surface area contributed by atoms with Gasteiger partial charge in [0.05, 0.1) is 26.4 Å². The zero-order valence-electron chi connectivity index (χ0n) is 57.2. The normalized spacial score (nSPS) is 14.2. The number of carbonyl (C=O) groups is 4. The van der Waals surface area contributed by atoms with Gasteiger partial charge in [0.2, 0.25) is 0 Å². The Kier molecular flexibility index (Phi) is 58.7. The number of unbranched alkanes of at least 4 members (excludes halogenated alkanes) is 35. The molecule has 0 bridgehead atoms. The Morgan fingerprint density at radius 2 is 0.523 bits per heavy atom. The van der Waals surface area contributed by atoms with E-state index in [-0.39, 0.29) is 25.7 Å². The van der Waals surface area contributed by atoms with E-state index in [1.165, 1.54) is 148 Å². The molecule has 0 saturated heterocycles. The molecule has 5 atom stereocenters. The van der Waals surface area contributed by atoms with Crippen molar-refractivity contribution in [3.63, 3.8) is 0 Å². The average molecular weight is 1300 g/mol. The molecule has 522 valence electrons. The molecule has 17 nitrogen and oxygen atoms in total. The maximum absolute atomic E-state index is 13.0. The van der Waals surface area contributed by atoms with Crippen molar-refractivity contribution in [2.45, 2.75) is 362 Å². The van der Waals surface area contributed by atoms with Gasteiger partial charge in [-0.2, -0.15) is 0 Å². The molecule has 0 aromatic heterocycles. The largest absolute Gasteiger partial charge is 0.472 e. The molecule has 0 spiro atoms. The fourth-order valence-corrected chi connectivity index (χ4v) is 11.9. The minimum Gasteiger partial charge on any atom is -0.462 e. The third-order valence-corrected chi connectivity index (χ3v) is 17.8. The van der Waals surface area contributed by atoms with Crippen molar-refractivity contribution in [3.8, 4) is 0 Å². The van der Waals surface area contributed by atoms with Gasteiger partial charge >= 0.3 is 39.5 Å². The molecule has 0 radical (unpaired) electrons. The summed E-state index contributed by atoms with van der Waals surface area (Å²) in [6.45, 7) is 11.7. The molecule has 0 amide bonds. The molecule has 0 rings (SSSR count). The first-order chi connectivity index (χ1) is 42.2. The number of rotatable bonds is 67. The third kappa shape index (κ3) is 62.8. The van der Waals surface area contributed by atoms with E-state index in [9.17, 15) is 43.2 Å². The second-order valence-corrected chi connectivity index (χ2v) is 29.3. The summed E-state index contributed by atoms with van der Waals surface area (Å²) < 4.78 is 68.2. The van der Waals surface area contributed by atoms with E-state index in [0.29, 0.717) is 37.5 Å². The lowest BCUT2D eigenvalue weighted by Crippen LogP contribution is -2.30. The van der Waals surface area contributed by atoms with E-state index in [4.69, 9.17) is 37.0 Å². The molecule has 0 fully saturated rings. The van der Waals surface area contributed by atoms with Gasteiger partial charge in [0.1, 0.15) is 19.3 Å². The Bertz CT molecular complexity index is 1730. The molecule has 0 heterocycles. The maximum atomic E-state index is 13.0. The van der Waals surface area contributed by atoms with Crippen molar-refractivity contribution in [2.24, 2.45) is 17.8 Å². The van der Waals surface area contributed by atoms with Gasteiger partial charge in [-0.1, -0.05) is 292 Å². The van der Waals surface area contributed by atoms with Gasteiger partial charge in [0, 0.05) is 25.7 Å². The van der Waals surface area contributed by atoms with Crippen LogP contribution in [0.15, 0.2) is 0 Å². The number of hydrogen-bond donors (Lipinski definition) is 3. The molecule has 3 N–H and O–H groups in total. The van der Waals surface area contributed by atoms with Crippen LogP contribution in [0.5, 0.6) is 0 Å². The number of hydrogen-bond acceptors (Lipinski definition) is 15. The summed E-state index contributed by atoms with van der Waals surface area (Å²) in [6.07, 6.45) is 43.3. The quantitative estimate of drug-likeness (QED) is 0.0222. The predicted octanol–water partition coefficient (Wildman–Crippen LogP) is 19.5. The number of phosphoric ester groups is 2. The Morgan fingerprint density at radius 1 is 0.307 bits per heavy atom. The SMILES string of the molecule is CCCCCCCCCCCCCCCCCCCC(=O)O[C@H](COC(=O)CCCCCCCCCCC(C)C)COP(=O)(O)OC[C@@H](O)COP(=O)(O)OC[C@@H](COC(=O)CCCCCCCCCC(C)C)OC(=O)CCCCCCCCCC(C)C. The van der Waals surface area contributed by atoms with Crippen LogP contribution in [0.2, 0.25) is 0 Å². The van der Waals surface area contributed by atoms with Crippen LogP contribution in [-0.2, 0) is 65.4 Å². The zero-order valence-corrected chi connectivity index (χ0v) is 59.0. The molecular weight excluding hydrogens is 1160 g/mol. The second kappa shape index (κ2) is 60.0. The highest BCUT2D eigenvalue weighted by molar-refractivity contribution is 7.47. The summed E-state index contributed by atoms with van der Waals surface area (Å²) in [5.41, 5.74) is 0. The van der Waals surface area contributed by atoms with Gasteiger partial charge in [0.25, 0.3) is 0 Å². The first-order valence-corrected chi connectivity index (χ1v) is 38.8. The summed E-state index contributed by atoms with van der Waals surface area (Å²) >= 11 is 0. The lowest BCUT2D eigenvalue weighted by molar-refractivity contribution is -0.161. The molecule has 0 aliphatic heterocycles. The highest BCUT2D eigenvalue weighted by Crippen LogP contribution is 2.45. The van der Waals surface area contributed by atoms with Gasteiger partial charge < -0.3 is 33.8 Å². The number of aliphatic hydroxyl groups excluding tert-OH is 1. The fourth-order valence-electron chi connectivity index (χ4n) is 10.4. The summed E-state index contributed by atoms with van der Waals surface area (Å²) in [5, 5.41) is 10.6. The first-order valence-electron chi connectivity index (χ1n) is 35.8. The van der Waals surface area contributed by atoms with E-state index < -0.39 is 97.5 Å². The topological polar surface area (TPSA) is 237 Å². The van der Waals surface area contributed by atoms with Gasteiger partial charge in [-0.05, 0) is 43.4 Å². The van der Waals surface area contributed by atoms with Crippen LogP contribution in [0, 0.1) is 17.8 Å². The lowest BCUT2D eigenvalue weighted by Gasteiger charge is -2.21. The Balaban J connectivity index is 5.22. The van der Waals surface area contributed by atoms with Crippen molar-refractivity contribution >= 4 is 39.5 Å². The van der Waals surface area contributed by atoms with E-state index in [0.717, 1.165) is 102 Å². The molecule has 0 aromatic rings. The average Bonchev–Trinajstić information content (AvgIpc) is 3.69. The molecule has 0 aliphatic carbocycles. The van der Waals surface area contributed by atoms with Gasteiger partial charge in [-0.15, -0.1) is 0 Å². The van der Waals surface area contributed by atoms with Gasteiger partial charge in [0.15, 0.2) is 12.2 Å². The van der Waals surface area contributed by atoms with E-state index in [1.807, 2.05) is 0 Å². The summed E-state index contributed by atoms with van der Waals surface area (Å²) in [7, 11) is -9.90. The minimum absolute atomic E-state index is 0.102. The summed E-state index contributed by atoms with van der Waals surface area (Å²) in [6, 6.07) is 0. The molecular formula is C69H134O17P2. The predicted molar refractivity (Wildman–Crippen MR) is 354 cm³/mol. The van der Waals surface area contributed by atoms with Crippen molar-refractivity contribution in [2.75, 3.05) is 39.6 Å². The number of carbonyl (C=O) groups excluding carboxylic acids is 4. The number of esters is 4. The summed E-state index contributed by atoms with van der Waals surface area (Å²) in [4.78, 5) is 72.4. The highest BCUT2D eigenvalue weighted by atomic mass is 31.2. The monoisotopic (exact) mass is 1300 g/mol. The van der Waals surface area contributed by atoms with Crippen molar-refractivity contribution in [1.82, 2.24) is 0 Å². The molecule has 0 aromatic carbocycles. The number of phosphoric acid groups is 2. The van der Waals surface area contributed by atoms with Crippen molar-refractivity contribution < 1.29 is 80.2 Å². The fraction of sp³-hybridized carbons (Fsp3) is 0.942. The van der Waals surface area contributed by atoms with Crippen LogP contribution in [-0.4, -0.2) is 96.7 Å². The molecule has 0 saturated carbocycles. The van der Waals surface area contributed by atoms with E-state index in [1.54, 1.807) is 0 Å². The van der Waals surface area contributed by atoms with Crippen LogP contribution in [0.3, 0.4) is 0 Å². The van der Waals surface area contributed by atoms with Gasteiger partial charge in [-0.3, -0.25) is 37.3 Å².